The van der Waals surface area contributed by atoms with E-state index >= 15 is 0 Å². The standard InChI is InChI=1S/C16H27N/c1-4-7-13-16(17-6-3)15(5-2)14-11-9-8-10-12-14/h8-12,15-17H,4-7,13H2,1-3H3. The summed E-state index contributed by atoms with van der Waals surface area (Å²) in [5.74, 6) is 0.655. The SMILES string of the molecule is CCCCC(NCC)C(CC)c1ccccc1. The molecule has 2 atom stereocenters. The fourth-order valence-electron chi connectivity index (χ4n) is 2.58. The van der Waals surface area contributed by atoms with E-state index in [4.69, 9.17) is 0 Å². The van der Waals surface area contributed by atoms with E-state index in [1.54, 1.807) is 0 Å². The number of rotatable bonds is 8. The maximum Gasteiger partial charge on any atom is 0.0136 e. The molecule has 0 heterocycles. The molecule has 0 spiro atoms. The lowest BCUT2D eigenvalue weighted by atomic mass is 9.86. The number of unbranched alkanes of at least 4 members (excludes halogenated alkanes) is 1. The third-order valence-electron chi connectivity index (χ3n) is 3.49. The Labute approximate surface area is 107 Å². The highest BCUT2D eigenvalue weighted by Gasteiger charge is 2.19. The van der Waals surface area contributed by atoms with Crippen LogP contribution in [0.15, 0.2) is 30.3 Å². The van der Waals surface area contributed by atoms with Crippen molar-refractivity contribution in [3.05, 3.63) is 35.9 Å². The summed E-state index contributed by atoms with van der Waals surface area (Å²) in [7, 11) is 0. The van der Waals surface area contributed by atoms with Crippen molar-refractivity contribution in [3.63, 3.8) is 0 Å². The van der Waals surface area contributed by atoms with Gasteiger partial charge in [-0.15, -0.1) is 0 Å². The lowest BCUT2D eigenvalue weighted by molar-refractivity contribution is 0.397. The average Bonchev–Trinajstić information content (AvgIpc) is 2.38. The maximum absolute atomic E-state index is 3.67. The predicted molar refractivity (Wildman–Crippen MR) is 76.5 cm³/mol. The number of nitrogens with one attached hydrogen (secondary N) is 1. The molecule has 0 amide bonds. The second-order valence-corrected chi connectivity index (χ2v) is 4.73. The van der Waals surface area contributed by atoms with Crippen molar-refractivity contribution in [1.82, 2.24) is 5.32 Å². The van der Waals surface area contributed by atoms with E-state index in [-0.39, 0.29) is 0 Å². The van der Waals surface area contributed by atoms with E-state index < -0.39 is 0 Å². The van der Waals surface area contributed by atoms with E-state index in [0.717, 1.165) is 6.54 Å². The van der Waals surface area contributed by atoms with Crippen molar-refractivity contribution in [2.75, 3.05) is 6.54 Å². The predicted octanol–water partition coefficient (Wildman–Crippen LogP) is 4.35. The molecule has 0 saturated heterocycles. The minimum atomic E-state index is 0.632. The molecule has 0 bridgehead atoms. The number of hydrogen-bond donors (Lipinski definition) is 1. The summed E-state index contributed by atoms with van der Waals surface area (Å²) in [6.07, 6.45) is 5.11. The zero-order valence-electron chi connectivity index (χ0n) is 11.6. The molecule has 0 saturated carbocycles. The minimum Gasteiger partial charge on any atom is -0.314 e. The van der Waals surface area contributed by atoms with Gasteiger partial charge in [-0.3, -0.25) is 0 Å². The van der Waals surface area contributed by atoms with Gasteiger partial charge in [0.05, 0.1) is 0 Å². The molecule has 0 radical (unpaired) electrons. The first-order valence-corrected chi connectivity index (χ1v) is 7.11. The lowest BCUT2D eigenvalue weighted by Gasteiger charge is -2.27. The molecule has 1 heteroatoms. The monoisotopic (exact) mass is 233 g/mol. The first-order valence-electron chi connectivity index (χ1n) is 7.11. The van der Waals surface area contributed by atoms with E-state index in [1.165, 1.54) is 31.2 Å². The average molecular weight is 233 g/mol. The van der Waals surface area contributed by atoms with Crippen LogP contribution in [0, 0.1) is 0 Å². The van der Waals surface area contributed by atoms with Crippen LogP contribution in [0.25, 0.3) is 0 Å². The summed E-state index contributed by atoms with van der Waals surface area (Å²) in [5, 5.41) is 3.67. The molecule has 1 N–H and O–H groups in total. The zero-order valence-corrected chi connectivity index (χ0v) is 11.6. The van der Waals surface area contributed by atoms with Crippen LogP contribution in [-0.2, 0) is 0 Å². The second-order valence-electron chi connectivity index (χ2n) is 4.73. The smallest absolute Gasteiger partial charge is 0.0136 e. The van der Waals surface area contributed by atoms with Crippen LogP contribution in [0.2, 0.25) is 0 Å². The van der Waals surface area contributed by atoms with Crippen molar-refractivity contribution < 1.29 is 0 Å². The molecular weight excluding hydrogens is 206 g/mol. The first kappa shape index (κ1) is 14.2. The van der Waals surface area contributed by atoms with Crippen LogP contribution in [0.4, 0.5) is 0 Å². The Morgan fingerprint density at radius 2 is 1.76 bits per heavy atom. The van der Waals surface area contributed by atoms with Crippen molar-refractivity contribution >= 4 is 0 Å². The van der Waals surface area contributed by atoms with E-state index in [0.29, 0.717) is 12.0 Å². The van der Waals surface area contributed by atoms with Gasteiger partial charge >= 0.3 is 0 Å². The molecule has 0 aliphatic heterocycles. The summed E-state index contributed by atoms with van der Waals surface area (Å²) >= 11 is 0. The third-order valence-corrected chi connectivity index (χ3v) is 3.49. The summed E-state index contributed by atoms with van der Waals surface area (Å²) in [4.78, 5) is 0. The highest BCUT2D eigenvalue weighted by atomic mass is 14.9. The van der Waals surface area contributed by atoms with Crippen molar-refractivity contribution in [1.29, 1.82) is 0 Å². The Morgan fingerprint density at radius 1 is 1.06 bits per heavy atom. The highest BCUT2D eigenvalue weighted by Crippen LogP contribution is 2.26. The van der Waals surface area contributed by atoms with Crippen molar-refractivity contribution in [2.24, 2.45) is 0 Å². The molecule has 0 aromatic heterocycles. The molecule has 96 valence electrons. The topological polar surface area (TPSA) is 12.0 Å². The highest BCUT2D eigenvalue weighted by molar-refractivity contribution is 5.21. The molecular formula is C16H27N. The van der Waals surface area contributed by atoms with Crippen molar-refractivity contribution in [3.8, 4) is 0 Å². The van der Waals surface area contributed by atoms with Gasteiger partial charge in [0.2, 0.25) is 0 Å². The molecule has 1 rings (SSSR count). The van der Waals surface area contributed by atoms with Crippen LogP contribution in [-0.4, -0.2) is 12.6 Å². The third kappa shape index (κ3) is 4.51. The van der Waals surface area contributed by atoms with Gasteiger partial charge in [-0.25, -0.2) is 0 Å². The fraction of sp³-hybridized carbons (Fsp3) is 0.625. The fourth-order valence-corrected chi connectivity index (χ4v) is 2.58. The van der Waals surface area contributed by atoms with Crippen LogP contribution in [0.1, 0.15) is 57.9 Å². The van der Waals surface area contributed by atoms with Gasteiger partial charge in [0.15, 0.2) is 0 Å². The van der Waals surface area contributed by atoms with E-state index in [2.05, 4.69) is 56.4 Å². The van der Waals surface area contributed by atoms with Gasteiger partial charge in [-0.2, -0.15) is 0 Å². The Balaban J connectivity index is 2.73. The Kier molecular flexibility index (Phi) is 6.95. The Hall–Kier alpha value is -0.820. The quantitative estimate of drug-likeness (QED) is 0.704. The molecule has 0 aliphatic carbocycles. The molecule has 0 fully saturated rings. The molecule has 17 heavy (non-hydrogen) atoms. The normalized spacial score (nSPS) is 14.5. The van der Waals surface area contributed by atoms with Crippen molar-refractivity contribution in [2.45, 2.75) is 58.4 Å². The zero-order chi connectivity index (χ0) is 12.5. The van der Waals surface area contributed by atoms with Gasteiger partial charge < -0.3 is 5.32 Å². The summed E-state index contributed by atoms with van der Waals surface area (Å²) < 4.78 is 0. The number of likely N-dealkylation sites (N-methyl/N-ethyl adjacent to an activating group) is 1. The van der Waals surface area contributed by atoms with E-state index in [1.807, 2.05) is 0 Å². The molecule has 2 unspecified atom stereocenters. The largest absolute Gasteiger partial charge is 0.314 e. The van der Waals surface area contributed by atoms with Gasteiger partial charge in [0.1, 0.15) is 0 Å². The Bertz CT molecular complexity index is 281. The molecule has 1 aromatic rings. The maximum atomic E-state index is 3.67. The second kappa shape index (κ2) is 8.30. The molecule has 0 aliphatic rings. The van der Waals surface area contributed by atoms with Gasteiger partial charge in [-0.1, -0.05) is 63.9 Å². The summed E-state index contributed by atoms with van der Waals surface area (Å²) in [5.41, 5.74) is 1.48. The Morgan fingerprint density at radius 3 is 2.29 bits per heavy atom. The van der Waals surface area contributed by atoms with Crippen LogP contribution in [0.5, 0.6) is 0 Å². The van der Waals surface area contributed by atoms with E-state index in [9.17, 15) is 0 Å². The van der Waals surface area contributed by atoms with Gasteiger partial charge in [0.25, 0.3) is 0 Å². The minimum absolute atomic E-state index is 0.632. The lowest BCUT2D eigenvalue weighted by Crippen LogP contribution is -2.34. The molecule has 1 aromatic carbocycles. The van der Waals surface area contributed by atoms with Crippen LogP contribution in [0.3, 0.4) is 0 Å². The van der Waals surface area contributed by atoms with Crippen LogP contribution >= 0.6 is 0 Å². The van der Waals surface area contributed by atoms with Gasteiger partial charge in [0, 0.05) is 6.04 Å². The number of hydrogen-bond acceptors (Lipinski definition) is 1. The summed E-state index contributed by atoms with van der Waals surface area (Å²) in [6, 6.07) is 11.6. The molecule has 1 nitrogen and oxygen atoms in total. The first-order chi connectivity index (χ1) is 8.33. The van der Waals surface area contributed by atoms with Gasteiger partial charge in [-0.05, 0) is 30.9 Å². The number of benzene rings is 1. The summed E-state index contributed by atoms with van der Waals surface area (Å²) in [6.45, 7) is 7.84. The van der Waals surface area contributed by atoms with Crippen LogP contribution < -0.4 is 5.32 Å².